The topological polar surface area (TPSA) is 94.2 Å². The number of nitrogens with zero attached hydrogens (tertiary/aromatic N) is 3. The Morgan fingerprint density at radius 3 is 2.29 bits per heavy atom. The van der Waals surface area contributed by atoms with Crippen LogP contribution in [-0.2, 0) is 22.2 Å². The molecule has 0 aliphatic rings. The molecule has 2 heterocycles. The lowest BCUT2D eigenvalue weighted by Crippen LogP contribution is -2.26. The fourth-order valence-electron chi connectivity index (χ4n) is 3.93. The quantitative estimate of drug-likeness (QED) is 0.255. The summed E-state index contributed by atoms with van der Waals surface area (Å²) in [4.78, 5) is 29.4. The first-order valence-corrected chi connectivity index (χ1v) is 11.9. The van der Waals surface area contributed by atoms with E-state index in [0.29, 0.717) is 11.1 Å². The number of rotatable bonds is 6. The average molecular weight is 548 g/mol. The third-order valence-electron chi connectivity index (χ3n) is 5.43. The number of aromatic nitrogens is 2. The van der Waals surface area contributed by atoms with Gasteiger partial charge in [-0.05, 0) is 63.9 Å². The molecule has 11 heteroatoms. The Labute approximate surface area is 222 Å². The molecule has 7 nitrogen and oxygen atoms in total. The van der Waals surface area contributed by atoms with Crippen LogP contribution in [0.4, 0.5) is 13.2 Å². The lowest BCUT2D eigenvalue weighted by atomic mass is 9.99. The first-order chi connectivity index (χ1) is 17.7. The van der Waals surface area contributed by atoms with Crippen LogP contribution < -0.4 is 0 Å². The van der Waals surface area contributed by atoms with Crippen molar-refractivity contribution in [3.63, 3.8) is 0 Å². The Balaban J connectivity index is 2.30. The summed E-state index contributed by atoms with van der Waals surface area (Å²) < 4.78 is 55.1. The maximum absolute atomic E-state index is 14.6. The number of hydrogen-bond donors (Lipinski definition) is 0. The van der Waals surface area contributed by atoms with E-state index in [0.717, 1.165) is 4.57 Å². The molecule has 0 fully saturated rings. The number of esters is 2. The second kappa shape index (κ2) is 10.9. The zero-order valence-electron chi connectivity index (χ0n) is 21.4. The maximum atomic E-state index is 14.6. The lowest BCUT2D eigenvalue weighted by Gasteiger charge is -2.21. The van der Waals surface area contributed by atoms with E-state index in [1.54, 1.807) is 27.7 Å². The van der Waals surface area contributed by atoms with Gasteiger partial charge < -0.3 is 14.0 Å². The van der Waals surface area contributed by atoms with E-state index in [4.69, 9.17) is 26.3 Å². The van der Waals surface area contributed by atoms with E-state index < -0.39 is 35.0 Å². The molecule has 0 atom stereocenters. The summed E-state index contributed by atoms with van der Waals surface area (Å²) in [5.41, 5.74) is -2.05. The van der Waals surface area contributed by atoms with Gasteiger partial charge in [0.1, 0.15) is 16.4 Å². The third kappa shape index (κ3) is 6.17. The van der Waals surface area contributed by atoms with Crippen molar-refractivity contribution in [2.24, 2.45) is 0 Å². The van der Waals surface area contributed by atoms with Crippen LogP contribution >= 0.6 is 11.6 Å². The van der Waals surface area contributed by atoms with E-state index in [1.807, 2.05) is 6.07 Å². The minimum absolute atomic E-state index is 0.0172. The van der Waals surface area contributed by atoms with Crippen LogP contribution in [0.5, 0.6) is 0 Å². The largest absolute Gasteiger partial charge is 0.462 e. The fourth-order valence-corrected chi connectivity index (χ4v) is 4.11. The molecule has 0 radical (unpaired) electrons. The van der Waals surface area contributed by atoms with Crippen LogP contribution in [-0.4, -0.2) is 33.7 Å². The summed E-state index contributed by atoms with van der Waals surface area (Å²) in [7, 11) is 0. The molecule has 0 aliphatic carbocycles. The highest BCUT2D eigenvalue weighted by molar-refractivity contribution is 6.32. The maximum Gasteiger partial charge on any atom is 0.432 e. The summed E-state index contributed by atoms with van der Waals surface area (Å²) in [6, 6.07) is 9.12. The molecule has 0 bridgehead atoms. The highest BCUT2D eigenvalue weighted by Gasteiger charge is 2.44. The Kier molecular flexibility index (Phi) is 8.22. The van der Waals surface area contributed by atoms with Gasteiger partial charge >= 0.3 is 18.1 Å². The normalized spacial score (nSPS) is 11.7. The van der Waals surface area contributed by atoms with Crippen LogP contribution in [0.1, 0.15) is 70.9 Å². The molecule has 0 saturated carbocycles. The summed E-state index contributed by atoms with van der Waals surface area (Å²) >= 11 is 6.02. The van der Waals surface area contributed by atoms with Crippen molar-refractivity contribution in [3.8, 4) is 17.2 Å². The number of nitriles is 1. The Bertz CT molecular complexity index is 1420. The highest BCUT2D eigenvalue weighted by Crippen LogP contribution is 2.42. The van der Waals surface area contributed by atoms with Gasteiger partial charge in [-0.1, -0.05) is 23.7 Å². The smallest absolute Gasteiger partial charge is 0.432 e. The number of benzene rings is 1. The van der Waals surface area contributed by atoms with Crippen molar-refractivity contribution in [3.05, 3.63) is 75.3 Å². The minimum Gasteiger partial charge on any atom is -0.462 e. The Hall–Kier alpha value is -3.84. The number of hydrogen-bond acceptors (Lipinski definition) is 6. The Morgan fingerprint density at radius 1 is 1.13 bits per heavy atom. The number of pyridine rings is 1. The van der Waals surface area contributed by atoms with Gasteiger partial charge in [-0.2, -0.15) is 18.4 Å². The number of alkyl halides is 3. The van der Waals surface area contributed by atoms with Gasteiger partial charge in [-0.15, -0.1) is 0 Å². The molecular formula is C27H25ClF3N3O4. The minimum atomic E-state index is -4.95. The number of ether oxygens (including phenoxy) is 2. The SMILES string of the molecule is CCOC(=O)c1cc(Cn2c(C)c(-c3ccc(C#N)cc3)c(C(=O)OC(C)(C)C)c2C(F)(F)F)cnc1Cl. The van der Waals surface area contributed by atoms with E-state index in [-0.39, 0.29) is 40.7 Å². The molecule has 38 heavy (non-hydrogen) atoms. The molecule has 0 amide bonds. The van der Waals surface area contributed by atoms with Crippen molar-refractivity contribution in [2.75, 3.05) is 6.61 Å². The van der Waals surface area contributed by atoms with Gasteiger partial charge in [0.15, 0.2) is 0 Å². The van der Waals surface area contributed by atoms with Crippen molar-refractivity contribution >= 4 is 23.5 Å². The van der Waals surface area contributed by atoms with E-state index in [9.17, 15) is 22.8 Å². The van der Waals surface area contributed by atoms with Gasteiger partial charge in [0.2, 0.25) is 0 Å². The molecule has 0 aliphatic heterocycles. The van der Waals surface area contributed by atoms with Gasteiger partial charge in [0.05, 0.1) is 29.4 Å². The monoisotopic (exact) mass is 547 g/mol. The van der Waals surface area contributed by atoms with Crippen molar-refractivity contribution in [1.82, 2.24) is 9.55 Å². The van der Waals surface area contributed by atoms with Crippen LogP contribution in [0.25, 0.3) is 11.1 Å². The second-order valence-electron chi connectivity index (χ2n) is 9.36. The first-order valence-electron chi connectivity index (χ1n) is 11.5. The zero-order valence-corrected chi connectivity index (χ0v) is 22.1. The van der Waals surface area contributed by atoms with Gasteiger partial charge in [0.25, 0.3) is 0 Å². The predicted octanol–water partition coefficient (Wildman–Crippen LogP) is 6.58. The molecule has 1 aromatic carbocycles. The summed E-state index contributed by atoms with van der Waals surface area (Å²) in [6.07, 6.45) is -3.70. The molecular weight excluding hydrogens is 523 g/mol. The molecule has 0 unspecified atom stereocenters. The van der Waals surface area contributed by atoms with Crippen molar-refractivity contribution < 1.29 is 32.2 Å². The number of carbonyl (C=O) groups is 2. The van der Waals surface area contributed by atoms with Gasteiger partial charge in [-0.25, -0.2) is 14.6 Å². The average Bonchev–Trinajstić information content (AvgIpc) is 3.12. The van der Waals surface area contributed by atoms with Crippen molar-refractivity contribution in [2.45, 2.75) is 52.9 Å². The van der Waals surface area contributed by atoms with E-state index in [1.165, 1.54) is 43.5 Å². The predicted molar refractivity (Wildman–Crippen MR) is 134 cm³/mol. The molecule has 0 N–H and O–H groups in total. The first kappa shape index (κ1) is 28.7. The Morgan fingerprint density at radius 2 is 1.76 bits per heavy atom. The molecule has 3 rings (SSSR count). The van der Waals surface area contributed by atoms with E-state index in [2.05, 4.69) is 4.98 Å². The molecule has 2 aromatic heterocycles. The molecule has 0 spiro atoms. The summed E-state index contributed by atoms with van der Waals surface area (Å²) in [6.45, 7) is 7.40. The molecule has 200 valence electrons. The zero-order chi connectivity index (χ0) is 28.4. The van der Waals surface area contributed by atoms with Gasteiger partial charge in [-0.3, -0.25) is 0 Å². The third-order valence-corrected chi connectivity index (χ3v) is 5.73. The lowest BCUT2D eigenvalue weighted by molar-refractivity contribution is -0.144. The number of carbonyl (C=O) groups excluding carboxylic acids is 2. The van der Waals surface area contributed by atoms with Crippen LogP contribution in [0.2, 0.25) is 5.15 Å². The highest BCUT2D eigenvalue weighted by atomic mass is 35.5. The fraction of sp³-hybridized carbons (Fsp3) is 0.333. The molecule has 0 saturated heterocycles. The molecule has 3 aromatic rings. The van der Waals surface area contributed by atoms with Crippen LogP contribution in [0.3, 0.4) is 0 Å². The summed E-state index contributed by atoms with van der Waals surface area (Å²) in [5.74, 6) is -1.91. The van der Waals surface area contributed by atoms with Crippen molar-refractivity contribution in [1.29, 1.82) is 5.26 Å². The summed E-state index contributed by atoms with van der Waals surface area (Å²) in [5, 5.41) is 8.98. The van der Waals surface area contributed by atoms with Gasteiger partial charge in [0, 0.05) is 24.0 Å². The number of halogens is 4. The van der Waals surface area contributed by atoms with Crippen LogP contribution in [0, 0.1) is 18.3 Å². The second-order valence-corrected chi connectivity index (χ2v) is 9.72. The van der Waals surface area contributed by atoms with E-state index >= 15 is 0 Å². The van der Waals surface area contributed by atoms with Crippen LogP contribution in [0.15, 0.2) is 36.5 Å². The standard InChI is InChI=1S/C27H25ClF3N3O4/c1-6-37-24(35)19-11-17(13-33-23(19)28)14-34-15(2)20(18-9-7-16(12-32)8-10-18)21(22(34)27(29,30)31)25(36)38-26(3,4)5/h7-11,13H,6,14H2,1-5H3.